The van der Waals surface area contributed by atoms with Gasteiger partial charge in [0.15, 0.2) is 0 Å². The molecule has 4 nitrogen and oxygen atoms in total. The zero-order valence-corrected chi connectivity index (χ0v) is 19.7. The molecule has 0 fully saturated rings. The molecular weight excluding hydrogens is 401 g/mol. The van der Waals surface area contributed by atoms with Crippen LogP contribution in [0.25, 0.3) is 5.69 Å². The summed E-state index contributed by atoms with van der Waals surface area (Å²) in [6.07, 6.45) is 9.31. The van der Waals surface area contributed by atoms with Crippen molar-refractivity contribution in [2.45, 2.75) is 79.1 Å². The van der Waals surface area contributed by atoms with Crippen molar-refractivity contribution in [2.24, 2.45) is 0 Å². The minimum Gasteiger partial charge on any atom is -0.369 e. The SMILES string of the molecule is CCCCCCN(CCCCCC)c1ccc(-n2c(C)nc(C)cc2=O)cc1F.Cl. The van der Waals surface area contributed by atoms with E-state index >= 15 is 4.39 Å². The lowest BCUT2D eigenvalue weighted by Crippen LogP contribution is -2.27. The fraction of sp³-hybridized carbons (Fsp3) is 0.583. The van der Waals surface area contributed by atoms with Crippen LogP contribution in [0.15, 0.2) is 29.1 Å². The van der Waals surface area contributed by atoms with Crippen LogP contribution >= 0.6 is 12.4 Å². The van der Waals surface area contributed by atoms with E-state index in [0.29, 0.717) is 22.9 Å². The Hall–Kier alpha value is -1.88. The van der Waals surface area contributed by atoms with Gasteiger partial charge in [-0.15, -0.1) is 12.4 Å². The zero-order valence-electron chi connectivity index (χ0n) is 18.9. The van der Waals surface area contributed by atoms with Crippen LogP contribution in [0.2, 0.25) is 0 Å². The number of hydrogen-bond acceptors (Lipinski definition) is 3. The molecule has 168 valence electrons. The summed E-state index contributed by atoms with van der Waals surface area (Å²) >= 11 is 0. The molecule has 0 aliphatic rings. The highest BCUT2D eigenvalue weighted by molar-refractivity contribution is 5.85. The van der Waals surface area contributed by atoms with Crippen LogP contribution in [0.1, 0.15) is 76.7 Å². The summed E-state index contributed by atoms with van der Waals surface area (Å²) in [7, 11) is 0. The van der Waals surface area contributed by atoms with Crippen molar-refractivity contribution in [1.29, 1.82) is 0 Å². The highest BCUT2D eigenvalue weighted by Gasteiger charge is 2.14. The van der Waals surface area contributed by atoms with Crippen molar-refractivity contribution in [1.82, 2.24) is 9.55 Å². The standard InChI is InChI=1S/C24H36FN3O.ClH/c1-5-7-9-11-15-27(16-12-10-8-6-2)23-14-13-21(18-22(23)25)28-20(4)26-19(3)17-24(28)29;/h13-14,17-18H,5-12,15-16H2,1-4H3;1H. The minimum absolute atomic E-state index is 0. The molecule has 1 aromatic heterocycles. The van der Waals surface area contributed by atoms with Gasteiger partial charge in [-0.1, -0.05) is 52.4 Å². The van der Waals surface area contributed by atoms with Gasteiger partial charge in [0.1, 0.15) is 11.6 Å². The highest BCUT2D eigenvalue weighted by atomic mass is 35.5. The van der Waals surface area contributed by atoms with Crippen LogP contribution in [0.3, 0.4) is 0 Å². The molecule has 2 rings (SSSR count). The summed E-state index contributed by atoms with van der Waals surface area (Å²) in [4.78, 5) is 18.9. The van der Waals surface area contributed by atoms with Gasteiger partial charge >= 0.3 is 0 Å². The maximum atomic E-state index is 15.1. The van der Waals surface area contributed by atoms with E-state index in [1.807, 2.05) is 12.1 Å². The first-order chi connectivity index (χ1) is 14.0. The van der Waals surface area contributed by atoms with Gasteiger partial charge in [-0.2, -0.15) is 0 Å². The number of aromatic nitrogens is 2. The van der Waals surface area contributed by atoms with Gasteiger partial charge in [-0.25, -0.2) is 9.37 Å². The third-order valence-electron chi connectivity index (χ3n) is 5.31. The van der Waals surface area contributed by atoms with E-state index < -0.39 is 0 Å². The van der Waals surface area contributed by atoms with Crippen molar-refractivity contribution >= 4 is 18.1 Å². The number of unbranched alkanes of at least 4 members (excludes halogenated alkanes) is 6. The van der Waals surface area contributed by atoms with E-state index in [4.69, 9.17) is 0 Å². The van der Waals surface area contributed by atoms with E-state index in [-0.39, 0.29) is 23.8 Å². The Morgan fingerprint density at radius 1 is 0.933 bits per heavy atom. The second kappa shape index (κ2) is 13.4. The lowest BCUT2D eigenvalue weighted by molar-refractivity contribution is 0.583. The van der Waals surface area contributed by atoms with Crippen LogP contribution in [0.4, 0.5) is 10.1 Å². The van der Waals surface area contributed by atoms with Crippen LogP contribution in [0, 0.1) is 19.7 Å². The molecule has 0 bridgehead atoms. The summed E-state index contributed by atoms with van der Waals surface area (Å²) in [5, 5.41) is 0. The molecule has 0 unspecified atom stereocenters. The average molecular weight is 438 g/mol. The molecule has 1 aromatic carbocycles. The van der Waals surface area contributed by atoms with Crippen molar-refractivity contribution in [3.63, 3.8) is 0 Å². The Balaban J connectivity index is 0.00000450. The van der Waals surface area contributed by atoms with E-state index in [9.17, 15) is 4.79 Å². The summed E-state index contributed by atoms with van der Waals surface area (Å²) in [5.74, 6) is 0.290. The second-order valence-corrected chi connectivity index (χ2v) is 7.86. The van der Waals surface area contributed by atoms with Crippen LogP contribution in [0.5, 0.6) is 0 Å². The maximum absolute atomic E-state index is 15.1. The van der Waals surface area contributed by atoms with Gasteiger partial charge in [0.05, 0.1) is 11.4 Å². The quantitative estimate of drug-likeness (QED) is 0.361. The lowest BCUT2D eigenvalue weighted by atomic mass is 10.1. The second-order valence-electron chi connectivity index (χ2n) is 7.86. The summed E-state index contributed by atoms with van der Waals surface area (Å²) in [6.45, 7) is 9.70. The Kier molecular flexibility index (Phi) is 11.7. The lowest BCUT2D eigenvalue weighted by Gasteiger charge is -2.26. The molecule has 0 N–H and O–H groups in total. The van der Waals surface area contributed by atoms with E-state index in [2.05, 4.69) is 23.7 Å². The van der Waals surface area contributed by atoms with Crippen LogP contribution in [-0.2, 0) is 0 Å². The van der Waals surface area contributed by atoms with Gasteiger partial charge < -0.3 is 4.90 Å². The molecule has 0 saturated heterocycles. The zero-order chi connectivity index (χ0) is 21.2. The molecule has 0 spiro atoms. The number of nitrogens with zero attached hydrogens (tertiary/aromatic N) is 3. The highest BCUT2D eigenvalue weighted by Crippen LogP contribution is 2.24. The fourth-order valence-electron chi connectivity index (χ4n) is 3.76. The summed E-state index contributed by atoms with van der Waals surface area (Å²) < 4.78 is 16.6. The van der Waals surface area contributed by atoms with Gasteiger partial charge in [0.2, 0.25) is 0 Å². The number of aryl methyl sites for hydroxylation is 2. The molecule has 0 aliphatic heterocycles. The van der Waals surface area contributed by atoms with Crippen molar-refractivity contribution in [3.05, 3.63) is 52.0 Å². The van der Waals surface area contributed by atoms with E-state index in [1.54, 1.807) is 13.8 Å². The number of anilines is 1. The molecule has 0 saturated carbocycles. The van der Waals surface area contributed by atoms with Crippen LogP contribution < -0.4 is 10.5 Å². The monoisotopic (exact) mass is 437 g/mol. The Bertz CT molecular complexity index is 826. The van der Waals surface area contributed by atoms with Crippen molar-refractivity contribution < 1.29 is 4.39 Å². The topological polar surface area (TPSA) is 38.1 Å². The Morgan fingerprint density at radius 3 is 2.03 bits per heavy atom. The number of halogens is 2. The van der Waals surface area contributed by atoms with Crippen molar-refractivity contribution in [2.75, 3.05) is 18.0 Å². The first-order valence-electron chi connectivity index (χ1n) is 11.1. The minimum atomic E-state index is -0.277. The third kappa shape index (κ3) is 7.42. The Labute approximate surface area is 186 Å². The summed E-state index contributed by atoms with van der Waals surface area (Å²) in [6, 6.07) is 6.59. The fourth-order valence-corrected chi connectivity index (χ4v) is 3.76. The molecule has 30 heavy (non-hydrogen) atoms. The van der Waals surface area contributed by atoms with Gasteiger partial charge in [-0.3, -0.25) is 9.36 Å². The Morgan fingerprint density at radius 2 is 1.53 bits per heavy atom. The molecular formula is C24H37ClFN3O. The maximum Gasteiger partial charge on any atom is 0.258 e. The molecule has 0 radical (unpaired) electrons. The first-order valence-corrected chi connectivity index (χ1v) is 11.1. The number of hydrogen-bond donors (Lipinski definition) is 0. The molecule has 0 amide bonds. The van der Waals surface area contributed by atoms with E-state index in [1.165, 1.54) is 55.2 Å². The summed E-state index contributed by atoms with van der Waals surface area (Å²) in [5.41, 5.74) is 1.65. The molecule has 0 aliphatic carbocycles. The largest absolute Gasteiger partial charge is 0.369 e. The van der Waals surface area contributed by atoms with Crippen molar-refractivity contribution in [3.8, 4) is 5.69 Å². The smallest absolute Gasteiger partial charge is 0.258 e. The van der Waals surface area contributed by atoms with Gasteiger partial charge in [-0.05, 0) is 38.8 Å². The normalized spacial score (nSPS) is 10.7. The molecule has 2 aromatic rings. The molecule has 1 heterocycles. The average Bonchev–Trinajstić information content (AvgIpc) is 2.66. The third-order valence-corrected chi connectivity index (χ3v) is 5.31. The predicted octanol–water partition coefficient (Wildman–Crippen LogP) is 6.38. The predicted molar refractivity (Wildman–Crippen MR) is 127 cm³/mol. The molecule has 0 atom stereocenters. The van der Waals surface area contributed by atoms with Gasteiger partial charge in [0, 0.05) is 30.9 Å². The van der Waals surface area contributed by atoms with Gasteiger partial charge in [0.25, 0.3) is 5.56 Å². The number of benzene rings is 1. The molecule has 6 heteroatoms. The first kappa shape index (κ1) is 26.2. The van der Waals surface area contributed by atoms with Crippen LogP contribution in [-0.4, -0.2) is 22.6 Å². The van der Waals surface area contributed by atoms with E-state index in [0.717, 1.165) is 25.9 Å². The number of rotatable bonds is 12.